The predicted molar refractivity (Wildman–Crippen MR) is 160 cm³/mol. The third-order valence-electron chi connectivity index (χ3n) is 12.7. The number of ether oxygens (including phenoxy) is 4. The van der Waals surface area contributed by atoms with E-state index in [9.17, 15) is 31.6 Å². The van der Waals surface area contributed by atoms with Crippen LogP contribution >= 0.6 is 0 Å². The van der Waals surface area contributed by atoms with Crippen LogP contribution in [-0.4, -0.2) is 78.0 Å². The molecule has 16 heteroatoms. The van der Waals surface area contributed by atoms with Crippen LogP contribution in [0.1, 0.15) is 86.0 Å². The van der Waals surface area contributed by atoms with Crippen LogP contribution in [0, 0.1) is 35.5 Å². The van der Waals surface area contributed by atoms with E-state index < -0.39 is 89.9 Å². The summed E-state index contributed by atoms with van der Waals surface area (Å²) in [7, 11) is 1.36. The Morgan fingerprint density at radius 2 is 1.36 bits per heavy atom. The zero-order chi connectivity index (χ0) is 36.2. The van der Waals surface area contributed by atoms with Crippen LogP contribution < -0.4 is 0 Å². The Kier molecular flexibility index (Phi) is 8.94. The topological polar surface area (TPSA) is 97.3 Å². The zero-order valence-corrected chi connectivity index (χ0v) is 29.1. The summed E-state index contributed by atoms with van der Waals surface area (Å²) in [5.41, 5.74) is -4.34. The van der Waals surface area contributed by atoms with E-state index in [0.717, 1.165) is 5.06 Å². The monoisotopic (exact) mass is 727 g/mol. The summed E-state index contributed by atoms with van der Waals surface area (Å²) in [6.07, 6.45) is -9.12. The largest absolute Gasteiger partial charge is 0.456 e. The number of alkyl halides is 6. The van der Waals surface area contributed by atoms with Gasteiger partial charge in [0, 0.05) is 49.3 Å². The molecule has 284 valence electrons. The Balaban J connectivity index is 1.21. The summed E-state index contributed by atoms with van der Waals surface area (Å²) in [5.74, 6) is -6.26. The van der Waals surface area contributed by atoms with Crippen molar-refractivity contribution in [1.29, 1.82) is 0 Å². The number of hydrogen-bond donors (Lipinski definition) is 1. The molecule has 6 heterocycles. The quantitative estimate of drug-likeness (QED) is 0.168. The molecule has 0 amide bonds. The van der Waals surface area contributed by atoms with E-state index in [2.05, 4.69) is 0 Å². The van der Waals surface area contributed by atoms with Crippen molar-refractivity contribution in [3.05, 3.63) is 22.7 Å². The number of halogens is 6. The van der Waals surface area contributed by atoms with E-state index in [1.54, 1.807) is 20.8 Å². The fraction of sp³-hybridized carbons (Fsp3) is 0.882. The van der Waals surface area contributed by atoms with Gasteiger partial charge in [-0.25, -0.2) is 14.7 Å². The van der Waals surface area contributed by atoms with Crippen LogP contribution in [0.5, 0.6) is 0 Å². The molecule has 2 bridgehead atoms. The molecule has 6 aliphatic heterocycles. The molecule has 0 aromatic rings. The van der Waals surface area contributed by atoms with E-state index in [-0.39, 0.29) is 35.3 Å². The van der Waals surface area contributed by atoms with Gasteiger partial charge in [0.1, 0.15) is 0 Å². The van der Waals surface area contributed by atoms with Gasteiger partial charge in [0.05, 0.1) is 12.2 Å². The highest BCUT2D eigenvalue weighted by atomic mass is 19.4. The fourth-order valence-electron chi connectivity index (χ4n) is 10.2. The smallest absolute Gasteiger partial charge is 0.449 e. The maximum Gasteiger partial charge on any atom is 0.449 e. The molecule has 6 fully saturated rings. The molecule has 4 saturated heterocycles. The predicted octanol–water partition coefficient (Wildman–Crippen LogP) is 7.56. The first-order valence-electron chi connectivity index (χ1n) is 17.6. The zero-order valence-electron chi connectivity index (χ0n) is 29.1. The molecule has 11 atom stereocenters. The second-order valence-corrected chi connectivity index (χ2v) is 16.3. The average Bonchev–Trinajstić information content (AvgIpc) is 3.32. The number of hydrogen-bond acceptors (Lipinski definition) is 10. The summed E-state index contributed by atoms with van der Waals surface area (Å²) in [6.45, 7) is 7.95. The lowest BCUT2D eigenvalue weighted by atomic mass is 9.59. The maximum absolute atomic E-state index is 14.7. The first-order valence-corrected chi connectivity index (χ1v) is 17.6. The minimum absolute atomic E-state index is 0.0274. The van der Waals surface area contributed by atoms with E-state index in [0.29, 0.717) is 44.9 Å². The average molecular weight is 728 g/mol. The molecule has 10 nitrogen and oxygen atoms in total. The van der Waals surface area contributed by atoms with Crippen LogP contribution in [0.25, 0.3) is 0 Å². The molecule has 0 aromatic heterocycles. The number of rotatable bonds is 6. The lowest BCUT2D eigenvalue weighted by Crippen LogP contribution is -2.67. The molecular formula is C34H47F6NO9. The fourth-order valence-corrected chi connectivity index (χ4v) is 10.2. The third kappa shape index (κ3) is 5.69. The van der Waals surface area contributed by atoms with Crippen molar-refractivity contribution >= 4 is 0 Å². The van der Waals surface area contributed by atoms with Gasteiger partial charge < -0.3 is 18.9 Å². The molecule has 2 unspecified atom stereocenters. The van der Waals surface area contributed by atoms with Gasteiger partial charge in [0.25, 0.3) is 0 Å². The summed E-state index contributed by atoms with van der Waals surface area (Å²) >= 11 is 0. The molecule has 1 N–H and O–H groups in total. The van der Waals surface area contributed by atoms with E-state index >= 15 is 0 Å². The van der Waals surface area contributed by atoms with E-state index in [1.807, 2.05) is 13.8 Å². The van der Waals surface area contributed by atoms with Gasteiger partial charge in [-0.2, -0.15) is 31.4 Å². The number of nitrogens with zero attached hydrogens (tertiary/aromatic N) is 1. The molecule has 2 saturated carbocycles. The first kappa shape index (κ1) is 36.7. The Morgan fingerprint density at radius 1 is 0.760 bits per heavy atom. The number of allylic oxidation sites excluding steroid dienone is 2. The van der Waals surface area contributed by atoms with Gasteiger partial charge >= 0.3 is 12.4 Å². The number of fused-ring (bicyclic) bond motifs is 2. The molecule has 2 aliphatic carbocycles. The number of hydroxylamine groups is 2. The lowest BCUT2D eigenvalue weighted by molar-refractivity contribution is -0.557. The molecule has 50 heavy (non-hydrogen) atoms. The van der Waals surface area contributed by atoms with Crippen molar-refractivity contribution in [2.75, 3.05) is 20.2 Å². The molecule has 0 aromatic carbocycles. The van der Waals surface area contributed by atoms with Crippen LogP contribution in [0.2, 0.25) is 0 Å². The minimum Gasteiger partial charge on any atom is -0.456 e. The molecule has 0 radical (unpaired) electrons. The maximum atomic E-state index is 14.7. The Labute approximate surface area is 287 Å². The SMILES string of the molecule is C[C@@H]1CC[C@H]2C(CON(C)CC3=C(C(F)(F)F)O[C@@H]4O[C@]5(C)CCC6[C@H](C)CC[C@@H]3[C@]64OO5)=C(C(F)(F)F)O[C@@H]3OC(C)(C)CCC1[C@]32OO. The number of likely N-dealkylation sites (N-methyl/N-ethyl adjacent to an activating group) is 1. The summed E-state index contributed by atoms with van der Waals surface area (Å²) in [6, 6.07) is 0. The summed E-state index contributed by atoms with van der Waals surface area (Å²) in [4.78, 5) is 22.9. The van der Waals surface area contributed by atoms with Gasteiger partial charge in [-0.15, -0.1) is 0 Å². The van der Waals surface area contributed by atoms with Crippen molar-refractivity contribution in [3.8, 4) is 0 Å². The van der Waals surface area contributed by atoms with Crippen LogP contribution in [0.3, 0.4) is 0 Å². The van der Waals surface area contributed by atoms with Crippen LogP contribution in [-0.2, 0) is 38.4 Å². The van der Waals surface area contributed by atoms with Gasteiger partial charge in [-0.3, -0.25) is 10.1 Å². The second-order valence-electron chi connectivity index (χ2n) is 16.3. The van der Waals surface area contributed by atoms with Crippen molar-refractivity contribution in [2.24, 2.45) is 35.5 Å². The standard InChI is InChI=1S/C34H47F6NO9/c1-17-8-10-24-20(26(34(38,39)40)45-27-31(24,48-42)21(17)11-13-29(3,4)46-27)16-43-41(6)15-19-23-9-7-18(2)22-12-14-30(5)47-28(32(22,23)50-49-30)44-25(19)33(35,36)37/h17-18,21-24,27-28,42H,7-16H2,1-6H3/t17-,18-,21?,22?,23+,24+,27-,28-,30+,31-,32-/m1/s1. The van der Waals surface area contributed by atoms with Gasteiger partial charge in [0.2, 0.25) is 29.9 Å². The molecular weight excluding hydrogens is 680 g/mol. The second kappa shape index (κ2) is 12.2. The summed E-state index contributed by atoms with van der Waals surface area (Å²) in [5, 5.41) is 11.6. The van der Waals surface area contributed by atoms with Crippen molar-refractivity contribution in [1.82, 2.24) is 5.06 Å². The Bertz CT molecular complexity index is 1400. The van der Waals surface area contributed by atoms with E-state index in [1.165, 1.54) is 7.05 Å². The Morgan fingerprint density at radius 3 is 2.02 bits per heavy atom. The minimum atomic E-state index is -4.96. The molecule has 8 rings (SSSR count). The lowest BCUT2D eigenvalue weighted by Gasteiger charge is -2.57. The van der Waals surface area contributed by atoms with E-state index in [4.69, 9.17) is 38.4 Å². The van der Waals surface area contributed by atoms with Crippen LogP contribution in [0.4, 0.5) is 26.3 Å². The molecule has 8 aliphatic rings. The van der Waals surface area contributed by atoms with Crippen LogP contribution in [0.15, 0.2) is 22.7 Å². The van der Waals surface area contributed by atoms with Crippen molar-refractivity contribution in [2.45, 2.75) is 134 Å². The normalized spacial score (nSPS) is 44.2. The highest BCUT2D eigenvalue weighted by Crippen LogP contribution is 2.62. The van der Waals surface area contributed by atoms with Crippen molar-refractivity contribution < 1.29 is 70.0 Å². The summed E-state index contributed by atoms with van der Waals surface area (Å²) < 4.78 is 112. The first-order chi connectivity index (χ1) is 23.3. The Hall–Kier alpha value is -1.66. The molecule has 1 spiro atoms. The van der Waals surface area contributed by atoms with Gasteiger partial charge in [-0.1, -0.05) is 13.8 Å². The highest BCUT2D eigenvalue weighted by Gasteiger charge is 2.71. The van der Waals surface area contributed by atoms with Gasteiger partial charge in [0.15, 0.2) is 11.2 Å². The van der Waals surface area contributed by atoms with Crippen molar-refractivity contribution in [3.63, 3.8) is 0 Å². The highest BCUT2D eigenvalue weighted by molar-refractivity contribution is 5.30. The third-order valence-corrected chi connectivity index (χ3v) is 12.7. The van der Waals surface area contributed by atoms with Gasteiger partial charge in [-0.05, 0) is 83.1 Å².